The molecule has 0 aliphatic carbocycles. The van der Waals surface area contributed by atoms with Gasteiger partial charge in [0.05, 0.1) is 13.2 Å². The molecule has 0 bridgehead atoms. The molecule has 37 heavy (non-hydrogen) atoms. The van der Waals surface area contributed by atoms with E-state index in [-0.39, 0.29) is 31.8 Å². The largest absolute Gasteiger partial charge is 0.497 e. The number of benzene rings is 2. The van der Waals surface area contributed by atoms with Crippen molar-refractivity contribution >= 4 is 5.97 Å². The fourth-order valence-corrected chi connectivity index (χ4v) is 2.96. The number of ether oxygens (including phenoxy) is 3. The van der Waals surface area contributed by atoms with Crippen LogP contribution in [0.25, 0.3) is 0 Å². The lowest BCUT2D eigenvalue weighted by Crippen LogP contribution is -2.23. The van der Waals surface area contributed by atoms with Crippen LogP contribution in [0.15, 0.2) is 73.8 Å². The maximum absolute atomic E-state index is 10.4. The summed E-state index contributed by atoms with van der Waals surface area (Å²) in [5, 5.41) is 18.7. The van der Waals surface area contributed by atoms with Crippen LogP contribution in [0, 0.1) is 0 Å². The molecule has 0 radical (unpaired) electrons. The lowest BCUT2D eigenvalue weighted by atomic mass is 9.78. The van der Waals surface area contributed by atoms with Crippen molar-refractivity contribution in [2.24, 2.45) is 0 Å². The monoisotopic (exact) mass is 516 g/mol. The first-order valence-corrected chi connectivity index (χ1v) is 12.1. The molecule has 2 rings (SSSR count). The third kappa shape index (κ3) is 12.1. The van der Waals surface area contributed by atoms with Gasteiger partial charge in [-0.05, 0) is 41.8 Å². The van der Waals surface area contributed by atoms with Gasteiger partial charge in [0.25, 0.3) is 0 Å². The Morgan fingerprint density at radius 2 is 1.46 bits per heavy atom. The van der Waals surface area contributed by atoms with E-state index in [1.54, 1.807) is 13.2 Å². The first-order chi connectivity index (χ1) is 17.7. The lowest BCUT2D eigenvalue weighted by Gasteiger charge is -2.26. The number of esters is 1. The fourth-order valence-electron chi connectivity index (χ4n) is 2.96. The minimum absolute atomic E-state index is 0.0381. The first kappa shape index (κ1) is 31.9. The molecule has 0 amide bonds. The Labute approximate surface area is 220 Å². The van der Waals surface area contributed by atoms with Crippen molar-refractivity contribution in [3.05, 3.63) is 85.0 Å². The summed E-state index contributed by atoms with van der Waals surface area (Å²) in [6, 6.07) is 16.0. The topological polar surface area (TPSA) is 104 Å². The zero-order chi connectivity index (χ0) is 27.7. The standard InChI is InChI=1S/C22H28O5.C7H12O3/c1-5-14-26-27-16-19(23)15-25-21-12-8-18(9-13-21)22(2,3)17-6-10-20(24-4)11-7-17;1-3-6(8)5-10-7(9)4-2/h5-13,19,23H,1,14-16H2,2-4H3;4,6,8H,2-3,5H2,1H3. The SMILES string of the molecule is C=CC(=O)OCC(O)CC.C=CCOOCC(O)COc1ccc(C(C)(C)c2ccc(OC)cc2)cc1. The summed E-state index contributed by atoms with van der Waals surface area (Å²) in [4.78, 5) is 20.0. The molecule has 0 fully saturated rings. The van der Waals surface area contributed by atoms with Crippen molar-refractivity contribution in [3.63, 3.8) is 0 Å². The van der Waals surface area contributed by atoms with E-state index in [1.807, 2.05) is 43.3 Å². The second-order valence-electron chi connectivity index (χ2n) is 8.60. The van der Waals surface area contributed by atoms with Gasteiger partial charge >= 0.3 is 5.97 Å². The predicted molar refractivity (Wildman–Crippen MR) is 143 cm³/mol. The van der Waals surface area contributed by atoms with Crippen molar-refractivity contribution in [1.82, 2.24) is 0 Å². The van der Waals surface area contributed by atoms with E-state index in [0.29, 0.717) is 12.2 Å². The van der Waals surface area contributed by atoms with E-state index < -0.39 is 18.2 Å². The summed E-state index contributed by atoms with van der Waals surface area (Å²) in [5.74, 6) is 1.04. The molecule has 8 nitrogen and oxygen atoms in total. The smallest absolute Gasteiger partial charge is 0.330 e. The van der Waals surface area contributed by atoms with Crippen LogP contribution in [0.1, 0.15) is 38.3 Å². The zero-order valence-corrected chi connectivity index (χ0v) is 22.2. The van der Waals surface area contributed by atoms with Gasteiger partial charge in [-0.25, -0.2) is 14.6 Å². The number of carbonyl (C=O) groups excluding carboxylic acids is 1. The molecule has 0 heterocycles. The van der Waals surface area contributed by atoms with Gasteiger partial charge in [0.15, 0.2) is 0 Å². The fraction of sp³-hybridized carbons (Fsp3) is 0.414. The van der Waals surface area contributed by atoms with Crippen molar-refractivity contribution in [3.8, 4) is 11.5 Å². The minimum Gasteiger partial charge on any atom is -0.497 e. The molecule has 2 atom stereocenters. The molecule has 0 saturated heterocycles. The van der Waals surface area contributed by atoms with Gasteiger partial charge in [0.2, 0.25) is 0 Å². The number of rotatable bonds is 15. The highest BCUT2D eigenvalue weighted by molar-refractivity contribution is 5.81. The van der Waals surface area contributed by atoms with Crippen LogP contribution in [0.2, 0.25) is 0 Å². The summed E-state index contributed by atoms with van der Waals surface area (Å²) in [5.41, 5.74) is 2.21. The Bertz CT molecular complexity index is 922. The number of aliphatic hydroxyl groups is 2. The Morgan fingerprint density at radius 1 is 0.892 bits per heavy atom. The van der Waals surface area contributed by atoms with E-state index >= 15 is 0 Å². The third-order valence-corrected chi connectivity index (χ3v) is 5.42. The maximum atomic E-state index is 10.4. The normalized spacial score (nSPS) is 12.4. The molecule has 2 aromatic carbocycles. The number of carbonyl (C=O) groups is 1. The summed E-state index contributed by atoms with van der Waals surface area (Å²) in [6.45, 7) is 13.4. The maximum Gasteiger partial charge on any atom is 0.330 e. The van der Waals surface area contributed by atoms with E-state index in [9.17, 15) is 9.90 Å². The molecule has 0 aliphatic heterocycles. The van der Waals surface area contributed by atoms with Gasteiger partial charge < -0.3 is 24.4 Å². The van der Waals surface area contributed by atoms with E-state index in [2.05, 4.69) is 43.9 Å². The van der Waals surface area contributed by atoms with E-state index in [4.69, 9.17) is 24.4 Å². The second-order valence-corrected chi connectivity index (χ2v) is 8.60. The average molecular weight is 517 g/mol. The average Bonchev–Trinajstić information content (AvgIpc) is 2.93. The third-order valence-electron chi connectivity index (χ3n) is 5.42. The molecule has 8 heteroatoms. The van der Waals surface area contributed by atoms with Gasteiger partial charge in [-0.15, -0.1) is 6.58 Å². The van der Waals surface area contributed by atoms with Crippen LogP contribution in [0.3, 0.4) is 0 Å². The molecule has 0 saturated carbocycles. The van der Waals surface area contributed by atoms with E-state index in [1.165, 1.54) is 11.1 Å². The van der Waals surface area contributed by atoms with Crippen LogP contribution in [0.4, 0.5) is 0 Å². The Balaban J connectivity index is 0.000000580. The van der Waals surface area contributed by atoms with Crippen LogP contribution in [0.5, 0.6) is 11.5 Å². The molecular formula is C29H40O8. The van der Waals surface area contributed by atoms with Gasteiger partial charge in [0.1, 0.15) is 44.0 Å². The molecule has 0 aliphatic rings. The Hall–Kier alpha value is -3.17. The molecule has 0 aromatic heterocycles. The molecule has 2 aromatic rings. The van der Waals surface area contributed by atoms with E-state index in [0.717, 1.165) is 11.8 Å². The zero-order valence-electron chi connectivity index (χ0n) is 22.2. The quantitative estimate of drug-likeness (QED) is 0.0898. The van der Waals surface area contributed by atoms with Gasteiger partial charge in [-0.1, -0.05) is 57.7 Å². The molecule has 2 N–H and O–H groups in total. The minimum atomic E-state index is -0.773. The number of methoxy groups -OCH3 is 1. The second kappa shape index (κ2) is 17.3. The van der Waals surface area contributed by atoms with Crippen molar-refractivity contribution in [2.45, 2.75) is 44.8 Å². The van der Waals surface area contributed by atoms with Gasteiger partial charge in [0, 0.05) is 11.5 Å². The molecule has 204 valence electrons. The highest BCUT2D eigenvalue weighted by Crippen LogP contribution is 2.33. The van der Waals surface area contributed by atoms with Crippen LogP contribution >= 0.6 is 0 Å². The van der Waals surface area contributed by atoms with Crippen molar-refractivity contribution in [1.29, 1.82) is 0 Å². The van der Waals surface area contributed by atoms with Crippen molar-refractivity contribution < 1.29 is 39.0 Å². The number of hydrogen-bond donors (Lipinski definition) is 2. The predicted octanol–water partition coefficient (Wildman–Crippen LogP) is 4.38. The highest BCUT2D eigenvalue weighted by Gasteiger charge is 2.23. The number of hydrogen-bond acceptors (Lipinski definition) is 8. The van der Waals surface area contributed by atoms with Crippen LogP contribution < -0.4 is 9.47 Å². The molecular weight excluding hydrogens is 476 g/mol. The molecule has 0 spiro atoms. The number of aliphatic hydroxyl groups excluding tert-OH is 2. The van der Waals surface area contributed by atoms with Crippen molar-refractivity contribution in [2.75, 3.05) is 33.5 Å². The summed E-state index contributed by atoms with van der Waals surface area (Å²) >= 11 is 0. The Morgan fingerprint density at radius 3 is 1.95 bits per heavy atom. The summed E-state index contributed by atoms with van der Waals surface area (Å²) in [7, 11) is 1.66. The van der Waals surface area contributed by atoms with Crippen LogP contribution in [-0.2, 0) is 24.7 Å². The summed E-state index contributed by atoms with van der Waals surface area (Å²) < 4.78 is 15.4. The van der Waals surface area contributed by atoms with Gasteiger partial charge in [-0.2, -0.15) is 0 Å². The Kier molecular flexibility index (Phi) is 14.9. The highest BCUT2D eigenvalue weighted by atomic mass is 17.2. The molecule has 2 unspecified atom stereocenters. The summed E-state index contributed by atoms with van der Waals surface area (Å²) in [6.07, 6.45) is 1.90. The lowest BCUT2D eigenvalue weighted by molar-refractivity contribution is -0.298. The van der Waals surface area contributed by atoms with Crippen LogP contribution in [-0.4, -0.2) is 61.9 Å². The first-order valence-electron chi connectivity index (χ1n) is 12.1. The van der Waals surface area contributed by atoms with Gasteiger partial charge in [-0.3, -0.25) is 0 Å².